The Bertz CT molecular complexity index is 1770. The number of carboxylic acid groups (broad SMARTS) is 1. The fourth-order valence-corrected chi connectivity index (χ4v) is 6.28. The summed E-state index contributed by atoms with van der Waals surface area (Å²) in [5.74, 6) is -1.22. The predicted octanol–water partition coefficient (Wildman–Crippen LogP) is 8.46. The first kappa shape index (κ1) is 28.4. The first-order chi connectivity index (χ1) is 21.0. The molecule has 1 aromatic heterocycles. The lowest BCUT2D eigenvalue weighted by molar-refractivity contribution is -0.136. The molecule has 43 heavy (non-hydrogen) atoms. The number of amides is 1. The van der Waals surface area contributed by atoms with Crippen molar-refractivity contribution >= 4 is 50.4 Å². The molecule has 1 amide bonds. The molecular weight excluding hydrogens is 554 g/mol. The van der Waals surface area contributed by atoms with Crippen LogP contribution in [0, 0.1) is 0 Å². The van der Waals surface area contributed by atoms with E-state index in [9.17, 15) is 9.59 Å². The van der Waals surface area contributed by atoms with Crippen LogP contribution in [0.1, 0.15) is 53.6 Å². The number of aliphatic carboxylic acids is 1. The Hall–Kier alpha value is -4.75. The van der Waals surface area contributed by atoms with Gasteiger partial charge in [-0.25, -0.2) is 4.98 Å². The van der Waals surface area contributed by atoms with E-state index in [4.69, 9.17) is 10.1 Å². The maximum Gasteiger partial charge on any atom is 0.305 e. The summed E-state index contributed by atoms with van der Waals surface area (Å²) in [5, 5.41) is 16.9. The second-order valence-corrected chi connectivity index (χ2v) is 11.6. The van der Waals surface area contributed by atoms with E-state index in [1.165, 1.54) is 34.8 Å². The van der Waals surface area contributed by atoms with Crippen LogP contribution >= 0.6 is 11.3 Å². The fourth-order valence-electron chi connectivity index (χ4n) is 5.42. The molecule has 0 saturated heterocycles. The zero-order chi connectivity index (χ0) is 29.6. The third kappa shape index (κ3) is 6.84. The van der Waals surface area contributed by atoms with Gasteiger partial charge in [-0.05, 0) is 83.5 Å². The van der Waals surface area contributed by atoms with Crippen LogP contribution in [0.4, 0.5) is 10.8 Å². The number of allylic oxidation sites excluding steroid dienone is 2. The van der Waals surface area contributed by atoms with Crippen molar-refractivity contribution in [1.29, 1.82) is 0 Å². The topological polar surface area (TPSA) is 82.5 Å². The van der Waals surface area contributed by atoms with Gasteiger partial charge in [-0.2, -0.15) is 0 Å². The lowest BCUT2D eigenvalue weighted by Crippen LogP contribution is -2.26. The zero-order valence-corrected chi connectivity index (χ0v) is 24.6. The summed E-state index contributed by atoms with van der Waals surface area (Å²) in [6.07, 6.45) is 7.04. The van der Waals surface area contributed by atoms with Crippen molar-refractivity contribution in [2.45, 2.75) is 38.6 Å². The number of nitrogens with one attached hydrogen (secondary N) is 1. The van der Waals surface area contributed by atoms with E-state index in [1.807, 2.05) is 12.1 Å². The first-order valence-electron chi connectivity index (χ1n) is 14.6. The summed E-state index contributed by atoms with van der Waals surface area (Å²) < 4.78 is 0. The minimum Gasteiger partial charge on any atom is -0.481 e. The van der Waals surface area contributed by atoms with E-state index >= 15 is 0 Å². The SMILES string of the molecule is O=C(O)CCNC(=O)c1ccc(CN(c2ccc(C3=CCCCC3)cc2)c2nc(-c3ccc4ccccc4c3)cs2)cc1. The Morgan fingerprint density at radius 3 is 2.40 bits per heavy atom. The van der Waals surface area contributed by atoms with Gasteiger partial charge in [0.2, 0.25) is 0 Å². The van der Waals surface area contributed by atoms with Crippen molar-refractivity contribution in [1.82, 2.24) is 10.3 Å². The molecule has 1 aliphatic carbocycles. The standard InChI is InChI=1S/C36H33N3O3S/c40-34(41)20-21-37-35(42)29-12-10-25(11-13-29)23-39(32-18-16-28(17-19-32)26-6-2-1-3-7-26)36-38-33(24-43-36)31-15-14-27-8-4-5-9-30(27)22-31/h4-6,8-19,22,24H,1-3,7,20-21,23H2,(H,37,42)(H,40,41). The summed E-state index contributed by atoms with van der Waals surface area (Å²) in [6, 6.07) is 31.0. The van der Waals surface area contributed by atoms with Crippen LogP contribution in [0.25, 0.3) is 27.6 Å². The lowest BCUT2D eigenvalue weighted by atomic mass is 9.93. The van der Waals surface area contributed by atoms with E-state index < -0.39 is 5.97 Å². The second-order valence-electron chi connectivity index (χ2n) is 10.8. The van der Waals surface area contributed by atoms with Crippen LogP contribution in [-0.4, -0.2) is 28.5 Å². The minimum absolute atomic E-state index is 0.0974. The molecule has 1 aliphatic rings. The van der Waals surface area contributed by atoms with Gasteiger partial charge in [-0.1, -0.05) is 66.7 Å². The highest BCUT2D eigenvalue weighted by Crippen LogP contribution is 2.36. The molecule has 0 spiro atoms. The lowest BCUT2D eigenvalue weighted by Gasteiger charge is -2.23. The van der Waals surface area contributed by atoms with Crippen LogP contribution in [0.15, 0.2) is 102 Å². The number of hydrogen-bond donors (Lipinski definition) is 2. The molecule has 0 bridgehead atoms. The van der Waals surface area contributed by atoms with Crippen LogP contribution in [0.5, 0.6) is 0 Å². The molecule has 4 aromatic carbocycles. The Morgan fingerprint density at radius 1 is 0.884 bits per heavy atom. The third-order valence-corrected chi connectivity index (χ3v) is 8.65. The van der Waals surface area contributed by atoms with Crippen molar-refractivity contribution in [3.05, 3.63) is 119 Å². The number of carbonyl (C=O) groups is 2. The van der Waals surface area contributed by atoms with Crippen LogP contribution in [0.3, 0.4) is 0 Å². The number of hydrogen-bond acceptors (Lipinski definition) is 5. The maximum atomic E-state index is 12.5. The van der Waals surface area contributed by atoms with Gasteiger partial charge >= 0.3 is 5.97 Å². The van der Waals surface area contributed by atoms with Gasteiger partial charge in [0.05, 0.1) is 18.7 Å². The summed E-state index contributed by atoms with van der Waals surface area (Å²) >= 11 is 1.62. The van der Waals surface area contributed by atoms with Gasteiger partial charge in [0, 0.05) is 28.7 Å². The quantitative estimate of drug-likeness (QED) is 0.171. The zero-order valence-electron chi connectivity index (χ0n) is 23.8. The van der Waals surface area contributed by atoms with E-state index in [-0.39, 0.29) is 18.9 Å². The van der Waals surface area contributed by atoms with Crippen LogP contribution in [0.2, 0.25) is 0 Å². The number of fused-ring (bicyclic) bond motifs is 1. The highest BCUT2D eigenvalue weighted by Gasteiger charge is 2.17. The van der Waals surface area contributed by atoms with Crippen molar-refractivity contribution in [2.75, 3.05) is 11.4 Å². The second kappa shape index (κ2) is 13.0. The van der Waals surface area contributed by atoms with Crippen molar-refractivity contribution < 1.29 is 14.7 Å². The summed E-state index contributed by atoms with van der Waals surface area (Å²) in [4.78, 5) is 30.5. The molecule has 1 heterocycles. The molecule has 6 rings (SSSR count). The summed E-state index contributed by atoms with van der Waals surface area (Å²) in [7, 11) is 0. The van der Waals surface area contributed by atoms with E-state index in [2.05, 4.69) is 88.4 Å². The van der Waals surface area contributed by atoms with E-state index in [1.54, 1.807) is 23.5 Å². The Morgan fingerprint density at radius 2 is 1.65 bits per heavy atom. The molecule has 6 nitrogen and oxygen atoms in total. The molecule has 0 unspecified atom stereocenters. The largest absolute Gasteiger partial charge is 0.481 e. The number of thiazole rings is 1. The first-order valence-corrected chi connectivity index (χ1v) is 15.5. The number of rotatable bonds is 10. The monoisotopic (exact) mass is 587 g/mol. The maximum absolute atomic E-state index is 12.5. The number of aromatic nitrogens is 1. The predicted molar refractivity (Wildman–Crippen MR) is 175 cm³/mol. The fraction of sp³-hybridized carbons (Fsp3) is 0.194. The van der Waals surface area contributed by atoms with Gasteiger partial charge in [0.1, 0.15) is 0 Å². The highest BCUT2D eigenvalue weighted by molar-refractivity contribution is 7.14. The normalized spacial score (nSPS) is 13.0. The van der Waals surface area contributed by atoms with Crippen molar-refractivity contribution in [2.24, 2.45) is 0 Å². The molecule has 216 valence electrons. The Labute approximate surface area is 255 Å². The number of carboxylic acids is 1. The van der Waals surface area contributed by atoms with Crippen molar-refractivity contribution in [3.8, 4) is 11.3 Å². The van der Waals surface area contributed by atoms with Crippen molar-refractivity contribution in [3.63, 3.8) is 0 Å². The third-order valence-electron chi connectivity index (χ3n) is 7.79. The molecule has 5 aromatic rings. The molecule has 2 N–H and O–H groups in total. The van der Waals surface area contributed by atoms with Gasteiger partial charge in [0.25, 0.3) is 5.91 Å². The minimum atomic E-state index is -0.940. The van der Waals surface area contributed by atoms with Gasteiger partial charge in [-0.15, -0.1) is 11.3 Å². The smallest absolute Gasteiger partial charge is 0.305 e. The molecular formula is C36H33N3O3S. The average molecular weight is 588 g/mol. The van der Waals surface area contributed by atoms with E-state index in [0.717, 1.165) is 40.5 Å². The number of nitrogens with zero attached hydrogens (tertiary/aromatic N) is 2. The number of benzene rings is 4. The molecule has 0 atom stereocenters. The van der Waals surface area contributed by atoms with E-state index in [0.29, 0.717) is 12.1 Å². The van der Waals surface area contributed by atoms with Gasteiger partial charge in [-0.3, -0.25) is 9.59 Å². The summed E-state index contributed by atoms with van der Waals surface area (Å²) in [6.45, 7) is 0.674. The van der Waals surface area contributed by atoms with Crippen LogP contribution < -0.4 is 10.2 Å². The Balaban J connectivity index is 1.27. The Kier molecular flexibility index (Phi) is 8.61. The van der Waals surface area contributed by atoms with Crippen LogP contribution in [-0.2, 0) is 11.3 Å². The van der Waals surface area contributed by atoms with Gasteiger partial charge in [0.15, 0.2) is 5.13 Å². The number of carbonyl (C=O) groups excluding carboxylic acids is 1. The molecule has 0 fully saturated rings. The highest BCUT2D eigenvalue weighted by atomic mass is 32.1. The average Bonchev–Trinajstić information content (AvgIpc) is 3.54. The molecule has 0 radical (unpaired) electrons. The van der Waals surface area contributed by atoms with Gasteiger partial charge < -0.3 is 15.3 Å². The number of anilines is 2. The molecule has 0 aliphatic heterocycles. The molecule has 7 heteroatoms. The summed E-state index contributed by atoms with van der Waals surface area (Å²) in [5.41, 5.74) is 7.30. The molecule has 0 saturated carbocycles.